The molecule has 29 heavy (non-hydrogen) atoms. The number of aryl methyl sites for hydroxylation is 2. The molecule has 1 fully saturated rings. The molecule has 2 aromatic rings. The zero-order valence-electron chi connectivity index (χ0n) is 15.9. The number of hydrogen-bond donors (Lipinski definition) is 4. The number of hydrazine groups is 1. The van der Waals surface area contributed by atoms with E-state index in [1.165, 1.54) is 16.0 Å². The second-order valence-electron chi connectivity index (χ2n) is 6.31. The largest absolute Gasteiger partial charge is 0.352 e. The Bertz CT molecular complexity index is 1080. The zero-order valence-corrected chi connectivity index (χ0v) is 16.7. The minimum Gasteiger partial charge on any atom is -0.352 e. The average molecular weight is 410 g/mol. The highest BCUT2D eigenvalue weighted by atomic mass is 32.1. The van der Waals surface area contributed by atoms with Crippen molar-refractivity contribution in [2.75, 3.05) is 5.43 Å². The van der Waals surface area contributed by atoms with Crippen LogP contribution in [0.2, 0.25) is 0 Å². The summed E-state index contributed by atoms with van der Waals surface area (Å²) < 4.78 is 1.51. The SMILES string of the molecule is Cc1nnc(-n2nc(C)c(C#N)c2NN=C2C(=N)N(C3N=CC=CN3)NC2C)s1. The molecular weight excluding hydrogens is 392 g/mol. The van der Waals surface area contributed by atoms with E-state index in [2.05, 4.69) is 47.6 Å². The van der Waals surface area contributed by atoms with Crippen LogP contribution in [0.5, 0.6) is 0 Å². The lowest BCUT2D eigenvalue weighted by Crippen LogP contribution is -2.50. The molecule has 0 saturated carbocycles. The minimum absolute atomic E-state index is 0.169. The van der Waals surface area contributed by atoms with Gasteiger partial charge in [0.1, 0.15) is 22.4 Å². The Labute approximate surface area is 170 Å². The molecule has 0 spiro atoms. The summed E-state index contributed by atoms with van der Waals surface area (Å²) in [5, 5.41) is 40.9. The first-order valence-corrected chi connectivity index (χ1v) is 9.53. The molecule has 0 aromatic carbocycles. The van der Waals surface area contributed by atoms with Crippen LogP contribution in [-0.2, 0) is 0 Å². The van der Waals surface area contributed by atoms with E-state index >= 15 is 0 Å². The smallest absolute Gasteiger partial charge is 0.234 e. The number of aromatic nitrogens is 4. The minimum atomic E-state index is -0.436. The third kappa shape index (κ3) is 3.35. The number of aliphatic imine (C=N–C) groups is 1. The Morgan fingerprint density at radius 1 is 1.38 bits per heavy atom. The van der Waals surface area contributed by atoms with E-state index in [4.69, 9.17) is 5.41 Å². The highest BCUT2D eigenvalue weighted by Gasteiger charge is 2.35. The van der Waals surface area contributed by atoms with Crippen molar-refractivity contribution in [1.29, 1.82) is 10.7 Å². The lowest BCUT2D eigenvalue weighted by Gasteiger charge is -2.26. The molecule has 0 aliphatic carbocycles. The van der Waals surface area contributed by atoms with Gasteiger partial charge in [-0.2, -0.15) is 20.1 Å². The molecule has 12 nitrogen and oxygen atoms in total. The van der Waals surface area contributed by atoms with Crippen LogP contribution in [0, 0.1) is 30.6 Å². The number of anilines is 1. The third-order valence-corrected chi connectivity index (χ3v) is 5.09. The van der Waals surface area contributed by atoms with Crippen LogP contribution in [0.3, 0.4) is 0 Å². The molecule has 2 atom stereocenters. The van der Waals surface area contributed by atoms with Crippen molar-refractivity contribution in [2.24, 2.45) is 10.1 Å². The summed E-state index contributed by atoms with van der Waals surface area (Å²) in [6.07, 6.45) is 4.76. The topological polar surface area (TPSA) is 155 Å². The summed E-state index contributed by atoms with van der Waals surface area (Å²) in [5.74, 6) is 0.548. The Balaban J connectivity index is 1.63. The predicted molar refractivity (Wildman–Crippen MR) is 109 cm³/mol. The maximum atomic E-state index is 9.56. The van der Waals surface area contributed by atoms with Gasteiger partial charge in [0.05, 0.1) is 11.7 Å². The fourth-order valence-electron chi connectivity index (χ4n) is 2.89. The van der Waals surface area contributed by atoms with Gasteiger partial charge >= 0.3 is 0 Å². The number of nitrogens with zero attached hydrogens (tertiary/aromatic N) is 8. The molecule has 2 aromatic heterocycles. The quantitative estimate of drug-likeness (QED) is 0.535. The number of nitrogens with one attached hydrogen (secondary N) is 4. The number of nitriles is 1. The van der Waals surface area contributed by atoms with Gasteiger partial charge in [0.15, 0.2) is 11.7 Å². The molecule has 0 bridgehead atoms. The van der Waals surface area contributed by atoms with Crippen LogP contribution in [0.4, 0.5) is 5.82 Å². The highest BCUT2D eigenvalue weighted by molar-refractivity contribution is 7.13. The Morgan fingerprint density at radius 2 is 2.21 bits per heavy atom. The van der Waals surface area contributed by atoms with Crippen LogP contribution in [-0.4, -0.2) is 55.1 Å². The maximum absolute atomic E-state index is 9.56. The Kier molecular flexibility index (Phi) is 4.79. The van der Waals surface area contributed by atoms with Crippen LogP contribution in [0.1, 0.15) is 23.2 Å². The molecule has 13 heteroatoms. The van der Waals surface area contributed by atoms with Crippen molar-refractivity contribution in [3.63, 3.8) is 0 Å². The van der Waals surface area contributed by atoms with E-state index in [0.29, 0.717) is 27.9 Å². The second kappa shape index (κ2) is 7.41. The average Bonchev–Trinajstić information content (AvgIpc) is 3.37. The van der Waals surface area contributed by atoms with E-state index < -0.39 is 6.29 Å². The highest BCUT2D eigenvalue weighted by Crippen LogP contribution is 2.25. The monoisotopic (exact) mass is 410 g/mol. The van der Waals surface area contributed by atoms with Gasteiger partial charge in [-0.3, -0.25) is 10.8 Å². The molecule has 148 valence electrons. The predicted octanol–water partition coefficient (Wildman–Crippen LogP) is 0.637. The van der Waals surface area contributed by atoms with Gasteiger partial charge in [0, 0.05) is 12.4 Å². The van der Waals surface area contributed by atoms with E-state index in [1.54, 1.807) is 30.4 Å². The van der Waals surface area contributed by atoms with Gasteiger partial charge in [-0.15, -0.1) is 10.2 Å². The molecule has 4 N–H and O–H groups in total. The van der Waals surface area contributed by atoms with E-state index in [9.17, 15) is 5.26 Å². The normalized spacial score (nSPS) is 22.2. The van der Waals surface area contributed by atoms with Crippen molar-refractivity contribution in [3.05, 3.63) is 28.5 Å². The van der Waals surface area contributed by atoms with Gasteiger partial charge in [-0.1, -0.05) is 11.3 Å². The number of amidine groups is 1. The van der Waals surface area contributed by atoms with Gasteiger partial charge in [0.2, 0.25) is 11.4 Å². The molecule has 0 radical (unpaired) electrons. The molecule has 4 heterocycles. The zero-order chi connectivity index (χ0) is 20.5. The first-order valence-electron chi connectivity index (χ1n) is 8.72. The molecule has 2 aliphatic rings. The maximum Gasteiger partial charge on any atom is 0.234 e. The van der Waals surface area contributed by atoms with E-state index in [-0.39, 0.29) is 11.9 Å². The molecule has 0 amide bonds. The lowest BCUT2D eigenvalue weighted by atomic mass is 10.2. The summed E-state index contributed by atoms with van der Waals surface area (Å²) in [4.78, 5) is 4.29. The van der Waals surface area contributed by atoms with E-state index in [0.717, 1.165) is 5.01 Å². The standard InChI is InChI=1S/C16H18N12S/c1-8-11(7-17)14(28(25-8)16-24-21-10(3)29-16)23-22-12-9(2)26-27(13(12)18)15-19-5-4-6-20-15/h4-6,9,15,18-19,23,26H,1-3H3. The molecule has 2 aliphatic heterocycles. The van der Waals surface area contributed by atoms with Crippen molar-refractivity contribution >= 4 is 34.9 Å². The summed E-state index contributed by atoms with van der Waals surface area (Å²) in [6, 6.07) is 1.91. The fraction of sp³-hybridized carbons (Fsp3) is 0.312. The second-order valence-corrected chi connectivity index (χ2v) is 7.47. The number of hydrogen-bond acceptors (Lipinski definition) is 11. The summed E-state index contributed by atoms with van der Waals surface area (Å²) >= 11 is 1.35. The summed E-state index contributed by atoms with van der Waals surface area (Å²) in [7, 11) is 0. The first kappa shape index (κ1) is 18.7. The van der Waals surface area contributed by atoms with Crippen LogP contribution >= 0.6 is 11.3 Å². The lowest BCUT2D eigenvalue weighted by molar-refractivity contribution is 0.223. The summed E-state index contributed by atoms with van der Waals surface area (Å²) in [6.45, 7) is 5.47. The molecule has 2 unspecified atom stereocenters. The van der Waals surface area contributed by atoms with Crippen LogP contribution < -0.4 is 16.2 Å². The summed E-state index contributed by atoms with van der Waals surface area (Å²) in [5.41, 5.74) is 7.45. The van der Waals surface area contributed by atoms with E-state index in [1.807, 2.05) is 13.8 Å². The first-order chi connectivity index (χ1) is 14.0. The number of hydrazone groups is 1. The number of allylic oxidation sites excluding steroid dienone is 1. The van der Waals surface area contributed by atoms with Gasteiger partial charge in [0.25, 0.3) is 0 Å². The fourth-order valence-corrected chi connectivity index (χ4v) is 3.54. The van der Waals surface area contributed by atoms with Gasteiger partial charge in [-0.05, 0) is 26.8 Å². The van der Waals surface area contributed by atoms with Gasteiger partial charge in [-0.25, -0.2) is 15.4 Å². The van der Waals surface area contributed by atoms with Crippen LogP contribution in [0.15, 0.2) is 22.4 Å². The van der Waals surface area contributed by atoms with Crippen molar-refractivity contribution in [2.45, 2.75) is 33.1 Å². The molecule has 1 saturated heterocycles. The molecular formula is C16H18N12S. The number of rotatable bonds is 4. The molecule has 4 rings (SSSR count). The van der Waals surface area contributed by atoms with Crippen molar-refractivity contribution < 1.29 is 0 Å². The van der Waals surface area contributed by atoms with Crippen LogP contribution in [0.25, 0.3) is 5.13 Å². The Morgan fingerprint density at radius 3 is 2.86 bits per heavy atom. The Hall–Kier alpha value is -3.63. The van der Waals surface area contributed by atoms with Crippen molar-refractivity contribution in [3.8, 4) is 11.2 Å². The third-order valence-electron chi connectivity index (χ3n) is 4.28. The van der Waals surface area contributed by atoms with Gasteiger partial charge < -0.3 is 5.32 Å². The van der Waals surface area contributed by atoms with Crippen molar-refractivity contribution in [1.82, 2.24) is 35.7 Å².